The van der Waals surface area contributed by atoms with Crippen LogP contribution in [-0.2, 0) is 4.79 Å². The van der Waals surface area contributed by atoms with Crippen molar-refractivity contribution in [2.75, 3.05) is 26.2 Å². The van der Waals surface area contributed by atoms with Crippen molar-refractivity contribution < 1.29 is 4.79 Å². The van der Waals surface area contributed by atoms with Crippen LogP contribution >= 0.6 is 0 Å². The number of likely N-dealkylation sites (tertiary alicyclic amines) is 1. The van der Waals surface area contributed by atoms with E-state index >= 15 is 0 Å². The molecule has 2 aliphatic heterocycles. The van der Waals surface area contributed by atoms with Crippen LogP contribution in [0.15, 0.2) is 0 Å². The summed E-state index contributed by atoms with van der Waals surface area (Å²) in [4.78, 5) is 14.9. The Labute approximate surface area is 117 Å². The Morgan fingerprint density at radius 2 is 1.58 bits per heavy atom. The van der Waals surface area contributed by atoms with Crippen LogP contribution in [0, 0.1) is 17.8 Å². The van der Waals surface area contributed by atoms with Crippen molar-refractivity contribution in [2.24, 2.45) is 17.8 Å². The first-order valence-electron chi connectivity index (χ1n) is 8.34. The lowest BCUT2D eigenvalue weighted by atomic mass is 9.86. The van der Waals surface area contributed by atoms with Gasteiger partial charge in [0.25, 0.3) is 0 Å². The van der Waals surface area contributed by atoms with Crippen molar-refractivity contribution in [1.29, 1.82) is 0 Å². The van der Waals surface area contributed by atoms with Crippen molar-refractivity contribution in [2.45, 2.75) is 51.4 Å². The number of nitrogens with one attached hydrogen (secondary N) is 1. The zero-order valence-corrected chi connectivity index (χ0v) is 12.1. The van der Waals surface area contributed by atoms with E-state index in [1.807, 2.05) is 0 Å². The van der Waals surface area contributed by atoms with Crippen molar-refractivity contribution in [3.8, 4) is 0 Å². The molecule has 19 heavy (non-hydrogen) atoms. The van der Waals surface area contributed by atoms with Crippen LogP contribution in [0.2, 0.25) is 0 Å². The zero-order valence-electron chi connectivity index (χ0n) is 12.1. The fourth-order valence-corrected chi connectivity index (χ4v) is 4.20. The largest absolute Gasteiger partial charge is 0.342 e. The van der Waals surface area contributed by atoms with Crippen LogP contribution in [0.1, 0.15) is 51.4 Å². The predicted octanol–water partition coefficient (Wildman–Crippen LogP) is 2.41. The van der Waals surface area contributed by atoms with Gasteiger partial charge in [-0.2, -0.15) is 0 Å². The highest BCUT2D eigenvalue weighted by molar-refractivity contribution is 5.79. The van der Waals surface area contributed by atoms with Gasteiger partial charge in [-0.3, -0.25) is 4.79 Å². The number of rotatable bonds is 1. The summed E-state index contributed by atoms with van der Waals surface area (Å²) in [5.74, 6) is 2.38. The van der Waals surface area contributed by atoms with Crippen LogP contribution < -0.4 is 5.32 Å². The summed E-state index contributed by atoms with van der Waals surface area (Å²) in [5.41, 5.74) is 0. The highest BCUT2D eigenvalue weighted by Gasteiger charge is 2.36. The average molecular weight is 264 g/mol. The van der Waals surface area contributed by atoms with E-state index in [-0.39, 0.29) is 0 Å². The second kappa shape index (κ2) is 6.25. The summed E-state index contributed by atoms with van der Waals surface area (Å²) in [6.07, 6.45) is 10.1. The fraction of sp³-hybridized carbons (Fsp3) is 0.938. The lowest BCUT2D eigenvalue weighted by Gasteiger charge is -2.36. The first-order chi connectivity index (χ1) is 9.34. The number of piperidine rings is 1. The summed E-state index contributed by atoms with van der Waals surface area (Å²) >= 11 is 0. The van der Waals surface area contributed by atoms with Gasteiger partial charge in [0.2, 0.25) is 5.91 Å². The van der Waals surface area contributed by atoms with Gasteiger partial charge in [0.1, 0.15) is 0 Å². The Morgan fingerprint density at radius 1 is 0.895 bits per heavy atom. The molecule has 0 aromatic carbocycles. The van der Waals surface area contributed by atoms with E-state index in [2.05, 4.69) is 10.2 Å². The first kappa shape index (κ1) is 13.4. The van der Waals surface area contributed by atoms with Crippen LogP contribution in [-0.4, -0.2) is 37.0 Å². The summed E-state index contributed by atoms with van der Waals surface area (Å²) in [6.45, 7) is 4.33. The molecule has 1 amide bonds. The van der Waals surface area contributed by atoms with Gasteiger partial charge >= 0.3 is 0 Å². The molecule has 2 atom stereocenters. The van der Waals surface area contributed by atoms with E-state index < -0.39 is 0 Å². The molecule has 1 aliphatic carbocycles. The van der Waals surface area contributed by atoms with E-state index in [4.69, 9.17) is 0 Å². The Balaban J connectivity index is 1.56. The maximum absolute atomic E-state index is 12.7. The topological polar surface area (TPSA) is 32.3 Å². The smallest absolute Gasteiger partial charge is 0.225 e. The van der Waals surface area contributed by atoms with Crippen molar-refractivity contribution in [3.05, 3.63) is 0 Å². The van der Waals surface area contributed by atoms with E-state index in [0.29, 0.717) is 11.8 Å². The lowest BCUT2D eigenvalue weighted by molar-refractivity contribution is -0.138. The molecule has 0 bridgehead atoms. The van der Waals surface area contributed by atoms with Crippen LogP contribution in [0.25, 0.3) is 0 Å². The number of nitrogens with zero attached hydrogens (tertiary/aromatic N) is 1. The monoisotopic (exact) mass is 264 g/mol. The maximum Gasteiger partial charge on any atom is 0.225 e. The SMILES string of the molecule is O=C(C1CCCCCCC1)N1CCC2CNCC2C1. The Bertz CT molecular complexity index is 310. The molecule has 0 spiro atoms. The van der Waals surface area contributed by atoms with E-state index in [0.717, 1.165) is 44.3 Å². The third-order valence-corrected chi connectivity index (χ3v) is 5.47. The molecule has 0 radical (unpaired) electrons. The highest BCUT2D eigenvalue weighted by atomic mass is 16.2. The molecule has 2 saturated heterocycles. The second-order valence-corrected chi connectivity index (χ2v) is 6.79. The molecule has 3 nitrogen and oxygen atoms in total. The third kappa shape index (κ3) is 3.13. The molecule has 3 heteroatoms. The molecule has 108 valence electrons. The Kier molecular flexibility index (Phi) is 4.42. The molecular weight excluding hydrogens is 236 g/mol. The van der Waals surface area contributed by atoms with Gasteiger partial charge in [0.05, 0.1) is 0 Å². The molecule has 3 rings (SSSR count). The minimum Gasteiger partial charge on any atom is -0.342 e. The average Bonchev–Trinajstić information content (AvgIpc) is 2.84. The fourth-order valence-electron chi connectivity index (χ4n) is 4.20. The second-order valence-electron chi connectivity index (χ2n) is 6.79. The minimum atomic E-state index is 0.339. The zero-order chi connectivity index (χ0) is 13.1. The molecular formula is C16H28N2O. The van der Waals surface area contributed by atoms with Gasteiger partial charge in [-0.15, -0.1) is 0 Å². The van der Waals surface area contributed by atoms with Gasteiger partial charge in [-0.25, -0.2) is 0 Å². The summed E-state index contributed by atoms with van der Waals surface area (Å²) in [5, 5.41) is 3.48. The van der Waals surface area contributed by atoms with E-state index in [9.17, 15) is 4.79 Å². The predicted molar refractivity (Wildman–Crippen MR) is 76.9 cm³/mol. The summed E-state index contributed by atoms with van der Waals surface area (Å²) in [6, 6.07) is 0. The number of carbonyl (C=O) groups is 1. The number of amides is 1. The molecule has 1 N–H and O–H groups in total. The molecule has 3 fully saturated rings. The summed E-state index contributed by atoms with van der Waals surface area (Å²) < 4.78 is 0. The summed E-state index contributed by atoms with van der Waals surface area (Å²) in [7, 11) is 0. The molecule has 0 aromatic rings. The molecule has 0 aromatic heterocycles. The normalized spacial score (nSPS) is 33.6. The number of hydrogen-bond acceptors (Lipinski definition) is 2. The van der Waals surface area contributed by atoms with Gasteiger partial charge < -0.3 is 10.2 Å². The highest BCUT2D eigenvalue weighted by Crippen LogP contribution is 2.30. The van der Waals surface area contributed by atoms with Gasteiger partial charge in [-0.05, 0) is 44.2 Å². The Morgan fingerprint density at radius 3 is 2.37 bits per heavy atom. The molecule has 2 unspecified atom stereocenters. The number of fused-ring (bicyclic) bond motifs is 1. The van der Waals surface area contributed by atoms with Crippen molar-refractivity contribution in [1.82, 2.24) is 10.2 Å². The van der Waals surface area contributed by atoms with Gasteiger partial charge in [0.15, 0.2) is 0 Å². The van der Waals surface area contributed by atoms with Gasteiger partial charge in [0, 0.05) is 19.0 Å². The van der Waals surface area contributed by atoms with Gasteiger partial charge in [-0.1, -0.05) is 32.1 Å². The third-order valence-electron chi connectivity index (χ3n) is 5.47. The molecule has 1 saturated carbocycles. The van der Waals surface area contributed by atoms with Crippen LogP contribution in [0.5, 0.6) is 0 Å². The minimum absolute atomic E-state index is 0.339. The standard InChI is InChI=1S/C16H28N2O/c19-16(13-6-4-2-1-3-5-7-13)18-9-8-14-10-17-11-15(14)12-18/h13-15,17H,1-12H2. The van der Waals surface area contributed by atoms with Crippen molar-refractivity contribution in [3.63, 3.8) is 0 Å². The van der Waals surface area contributed by atoms with Crippen molar-refractivity contribution >= 4 is 5.91 Å². The van der Waals surface area contributed by atoms with E-state index in [1.165, 1.54) is 45.1 Å². The van der Waals surface area contributed by atoms with Crippen LogP contribution in [0.4, 0.5) is 0 Å². The molecule has 3 aliphatic rings. The first-order valence-corrected chi connectivity index (χ1v) is 8.34. The maximum atomic E-state index is 12.7. The number of carbonyl (C=O) groups excluding carboxylic acids is 1. The molecule has 2 heterocycles. The quantitative estimate of drug-likeness (QED) is 0.789. The van der Waals surface area contributed by atoms with Crippen LogP contribution in [0.3, 0.4) is 0 Å². The lowest BCUT2D eigenvalue weighted by Crippen LogP contribution is -2.46. The number of hydrogen-bond donors (Lipinski definition) is 1. The van der Waals surface area contributed by atoms with E-state index in [1.54, 1.807) is 0 Å². The Hall–Kier alpha value is -0.570.